The molecule has 238 valence electrons. The molecule has 2 fully saturated rings. The number of aliphatic imine (C=N–C) groups is 1. The van der Waals surface area contributed by atoms with Crippen LogP contribution in [0.25, 0.3) is 5.57 Å². The molecule has 3 aromatic rings. The Bertz CT molecular complexity index is 1750. The lowest BCUT2D eigenvalue weighted by Crippen LogP contribution is -2.43. The summed E-state index contributed by atoms with van der Waals surface area (Å²) in [6, 6.07) is 11.2. The van der Waals surface area contributed by atoms with Gasteiger partial charge in [-0.05, 0) is 56.0 Å². The van der Waals surface area contributed by atoms with E-state index < -0.39 is 5.41 Å². The van der Waals surface area contributed by atoms with Crippen LogP contribution < -0.4 is 16.0 Å². The molecule has 2 aromatic heterocycles. The summed E-state index contributed by atoms with van der Waals surface area (Å²) in [6.07, 6.45) is 7.39. The van der Waals surface area contributed by atoms with E-state index in [4.69, 9.17) is 16.6 Å². The molecule has 0 bridgehead atoms. The van der Waals surface area contributed by atoms with Crippen LogP contribution in [0.4, 0.5) is 11.5 Å². The number of aryl methyl sites for hydroxylation is 1. The van der Waals surface area contributed by atoms with Gasteiger partial charge in [0.2, 0.25) is 11.8 Å². The number of carbonyl (C=O) groups excluding carboxylic acids is 2. The van der Waals surface area contributed by atoms with Gasteiger partial charge in [-0.25, -0.2) is 15.0 Å². The molecule has 2 amide bonds. The Labute approximate surface area is 272 Å². The van der Waals surface area contributed by atoms with Gasteiger partial charge in [-0.2, -0.15) is 0 Å². The Kier molecular flexibility index (Phi) is 8.78. The summed E-state index contributed by atoms with van der Waals surface area (Å²) in [5.74, 6) is 0.785. The lowest BCUT2D eigenvalue weighted by atomic mass is 9.85. The maximum atomic E-state index is 13.8. The highest BCUT2D eigenvalue weighted by molar-refractivity contribution is 7.13. The number of benzene rings is 1. The standard InChI is InChI=1S/C33H38N10O2S/c1-21-38-17-26(46-21)29(35)30-25(34)7-8-27(40-30)43-16-12-33(32(43)45)11-15-41(19-33)18-28(44)42-13-9-23(10-14-42)22-3-5-24(6-4-22)31(36)39-20-37-2/h3-9,17,20,35H,10-16,18-19,34H2,1-2H3,(H2,36,37,39)/t33-/m0/s1. The first-order chi connectivity index (χ1) is 22.2. The topological polar surface area (TPSA) is 168 Å². The van der Waals surface area contributed by atoms with Crippen molar-refractivity contribution in [1.29, 1.82) is 10.8 Å². The van der Waals surface area contributed by atoms with Crippen LogP contribution in [-0.2, 0) is 9.59 Å². The zero-order valence-corrected chi connectivity index (χ0v) is 26.9. The smallest absolute Gasteiger partial charge is 0.237 e. The normalized spacial score (nSPS) is 20.1. The summed E-state index contributed by atoms with van der Waals surface area (Å²) >= 11 is 1.41. The fraction of sp³-hybridized carbons (Fsp3) is 0.364. The number of pyridine rings is 1. The maximum Gasteiger partial charge on any atom is 0.237 e. The molecule has 0 saturated carbocycles. The molecule has 13 heteroatoms. The summed E-state index contributed by atoms with van der Waals surface area (Å²) in [4.78, 5) is 46.4. The fourth-order valence-electron chi connectivity index (χ4n) is 6.41. The van der Waals surface area contributed by atoms with E-state index in [9.17, 15) is 9.59 Å². The van der Waals surface area contributed by atoms with Gasteiger partial charge in [0.05, 0.1) is 33.9 Å². The van der Waals surface area contributed by atoms with Crippen LogP contribution in [-0.4, -0.2) is 95.8 Å². The average Bonchev–Trinajstić information content (AvgIpc) is 3.78. The van der Waals surface area contributed by atoms with E-state index in [1.807, 2.05) is 36.1 Å². The molecule has 5 N–H and O–H groups in total. The highest BCUT2D eigenvalue weighted by Crippen LogP contribution is 2.42. The Morgan fingerprint density at radius 1 is 1.15 bits per heavy atom. The number of hydrogen-bond donors (Lipinski definition) is 4. The minimum absolute atomic E-state index is 0.0198. The van der Waals surface area contributed by atoms with Gasteiger partial charge < -0.3 is 16.0 Å². The minimum Gasteiger partial charge on any atom is -0.397 e. The molecule has 1 aromatic carbocycles. The minimum atomic E-state index is -0.540. The Morgan fingerprint density at radius 3 is 2.63 bits per heavy atom. The quantitative estimate of drug-likeness (QED) is 0.217. The number of nitrogens with one attached hydrogen (secondary N) is 3. The predicted octanol–water partition coefficient (Wildman–Crippen LogP) is 3.16. The van der Waals surface area contributed by atoms with E-state index in [0.717, 1.165) is 22.6 Å². The van der Waals surface area contributed by atoms with Crippen LogP contribution in [0.5, 0.6) is 0 Å². The Hall–Kier alpha value is -4.75. The van der Waals surface area contributed by atoms with E-state index in [1.165, 1.54) is 23.2 Å². The molecule has 46 heavy (non-hydrogen) atoms. The Balaban J connectivity index is 1.05. The summed E-state index contributed by atoms with van der Waals surface area (Å²) in [6.45, 7) is 5.13. The number of thiazole rings is 1. The van der Waals surface area contributed by atoms with Crippen LogP contribution in [0, 0.1) is 23.2 Å². The van der Waals surface area contributed by atoms with Crippen molar-refractivity contribution >= 4 is 58.1 Å². The Morgan fingerprint density at radius 2 is 1.93 bits per heavy atom. The molecule has 1 atom stereocenters. The zero-order valence-electron chi connectivity index (χ0n) is 26.0. The molecule has 2 saturated heterocycles. The first kappa shape index (κ1) is 31.2. The van der Waals surface area contributed by atoms with Crippen molar-refractivity contribution in [3.05, 3.63) is 75.4 Å². The van der Waals surface area contributed by atoms with Crippen LogP contribution in [0.2, 0.25) is 0 Å². The largest absolute Gasteiger partial charge is 0.397 e. The monoisotopic (exact) mass is 638 g/mol. The molecule has 5 heterocycles. The van der Waals surface area contributed by atoms with Crippen LogP contribution in [0.15, 0.2) is 53.7 Å². The number of likely N-dealkylation sites (tertiary alicyclic amines) is 1. The van der Waals surface area contributed by atoms with Gasteiger partial charge >= 0.3 is 0 Å². The maximum absolute atomic E-state index is 13.8. The number of nitrogens with two attached hydrogens (primary N) is 1. The number of aromatic nitrogens is 2. The molecule has 0 radical (unpaired) electrons. The van der Waals surface area contributed by atoms with Crippen molar-refractivity contribution in [2.75, 3.05) is 56.9 Å². The van der Waals surface area contributed by atoms with Gasteiger partial charge in [0.15, 0.2) is 5.84 Å². The summed E-state index contributed by atoms with van der Waals surface area (Å²) in [7, 11) is 1.74. The third-order valence-electron chi connectivity index (χ3n) is 9.01. The zero-order chi connectivity index (χ0) is 32.4. The van der Waals surface area contributed by atoms with Crippen LogP contribution in [0.3, 0.4) is 0 Å². The van der Waals surface area contributed by atoms with E-state index in [2.05, 4.69) is 31.3 Å². The van der Waals surface area contributed by atoms with E-state index in [0.29, 0.717) is 67.6 Å². The second kappa shape index (κ2) is 12.9. The van der Waals surface area contributed by atoms with Crippen molar-refractivity contribution < 1.29 is 9.59 Å². The molecular formula is C33H38N10O2S. The number of nitrogens with zero attached hydrogens (tertiary/aromatic N) is 6. The van der Waals surface area contributed by atoms with Crippen molar-refractivity contribution in [3.8, 4) is 0 Å². The molecule has 6 rings (SSSR count). The lowest BCUT2D eigenvalue weighted by molar-refractivity contribution is -0.132. The molecule has 12 nitrogen and oxygen atoms in total. The van der Waals surface area contributed by atoms with Crippen LogP contribution in [0.1, 0.15) is 46.0 Å². The highest BCUT2D eigenvalue weighted by atomic mass is 32.1. The number of nitrogen functional groups attached to an aromatic ring is 1. The van der Waals surface area contributed by atoms with Crippen molar-refractivity contribution in [2.45, 2.75) is 26.2 Å². The van der Waals surface area contributed by atoms with Gasteiger partial charge in [-0.15, -0.1) is 11.3 Å². The molecular weight excluding hydrogens is 600 g/mol. The molecule has 1 spiro atoms. The third-order valence-corrected chi connectivity index (χ3v) is 9.94. The molecule has 3 aliphatic rings. The molecule has 3 aliphatic heterocycles. The van der Waals surface area contributed by atoms with Gasteiger partial charge in [0.25, 0.3) is 0 Å². The van der Waals surface area contributed by atoms with E-state index >= 15 is 0 Å². The first-order valence-corrected chi connectivity index (χ1v) is 16.2. The number of carbonyl (C=O) groups is 2. The lowest BCUT2D eigenvalue weighted by Gasteiger charge is -2.29. The van der Waals surface area contributed by atoms with E-state index in [-0.39, 0.29) is 29.9 Å². The summed E-state index contributed by atoms with van der Waals surface area (Å²) < 4.78 is 0. The van der Waals surface area contributed by atoms with Crippen molar-refractivity contribution in [3.63, 3.8) is 0 Å². The summed E-state index contributed by atoms with van der Waals surface area (Å²) in [5, 5.41) is 20.3. The first-order valence-electron chi connectivity index (χ1n) is 15.4. The number of amides is 2. The number of hydrogen-bond acceptors (Lipinski definition) is 9. The number of rotatable bonds is 8. The van der Waals surface area contributed by atoms with Crippen molar-refractivity contribution in [2.24, 2.45) is 10.4 Å². The second-order valence-corrected chi connectivity index (χ2v) is 13.2. The number of amidine groups is 1. The fourth-order valence-corrected chi connectivity index (χ4v) is 7.14. The highest BCUT2D eigenvalue weighted by Gasteiger charge is 2.51. The summed E-state index contributed by atoms with van der Waals surface area (Å²) in [5.41, 5.74) is 9.60. The van der Waals surface area contributed by atoms with Gasteiger partial charge in [-0.1, -0.05) is 30.3 Å². The second-order valence-electron chi connectivity index (χ2n) is 12.0. The predicted molar refractivity (Wildman–Crippen MR) is 182 cm³/mol. The molecule has 0 aliphatic carbocycles. The van der Waals surface area contributed by atoms with Gasteiger partial charge in [-0.3, -0.25) is 30.2 Å². The number of anilines is 2. The van der Waals surface area contributed by atoms with Crippen molar-refractivity contribution in [1.82, 2.24) is 25.1 Å². The average molecular weight is 639 g/mol. The van der Waals surface area contributed by atoms with Gasteiger partial charge in [0, 0.05) is 45.0 Å². The molecule has 0 unspecified atom stereocenters. The van der Waals surface area contributed by atoms with Crippen LogP contribution >= 0.6 is 11.3 Å². The third kappa shape index (κ3) is 6.20. The SMILES string of the molecule is CN/C=N\C(=N)c1ccc(C2=CCN(C(=O)CN3CC[C@]4(CCN(c5ccc(N)c(C(=N)c6cnc(C)s6)n5)C4=O)C3)CC2)cc1. The van der Waals surface area contributed by atoms with E-state index in [1.54, 1.807) is 30.3 Å². The van der Waals surface area contributed by atoms with Gasteiger partial charge in [0.1, 0.15) is 17.2 Å².